The van der Waals surface area contributed by atoms with E-state index >= 15 is 0 Å². The number of rotatable bonds is 7. The van der Waals surface area contributed by atoms with Crippen LogP contribution in [0.15, 0.2) is 47.5 Å². The minimum atomic E-state index is -0.502. The molecule has 2 aromatic heterocycles. The number of nitrogens with one attached hydrogen (secondary N) is 1. The second-order valence-electron chi connectivity index (χ2n) is 10.2. The summed E-state index contributed by atoms with van der Waals surface area (Å²) in [6.45, 7) is 9.54. The monoisotopic (exact) mass is 536 g/mol. The summed E-state index contributed by atoms with van der Waals surface area (Å²) < 4.78 is 5.33. The number of aliphatic hydroxyl groups is 1. The number of β-amino-alcohol motifs (C(OH)–C–C–N with tert-alkyl or cyclic N) is 1. The van der Waals surface area contributed by atoms with Gasteiger partial charge in [0.2, 0.25) is 5.91 Å². The summed E-state index contributed by atoms with van der Waals surface area (Å²) in [5.74, 6) is 3.70. The van der Waals surface area contributed by atoms with Crippen LogP contribution < -0.4 is 10.1 Å². The number of hydrogen-bond donors (Lipinski definition) is 2. The Hall–Kier alpha value is -2.68. The van der Waals surface area contributed by atoms with E-state index < -0.39 is 6.10 Å². The van der Waals surface area contributed by atoms with Crippen molar-refractivity contribution in [1.29, 1.82) is 0 Å². The molecule has 0 saturated carbocycles. The van der Waals surface area contributed by atoms with Gasteiger partial charge < -0.3 is 20.1 Å². The summed E-state index contributed by atoms with van der Waals surface area (Å²) in [5, 5.41) is 14.6. The van der Waals surface area contributed by atoms with Gasteiger partial charge in [-0.25, -0.2) is 4.98 Å². The molecule has 204 valence electrons. The smallest absolute Gasteiger partial charge is 0.235 e. The van der Waals surface area contributed by atoms with Crippen molar-refractivity contribution in [2.45, 2.75) is 57.5 Å². The Morgan fingerprint density at radius 1 is 1.18 bits per heavy atom. The first-order chi connectivity index (χ1) is 18.4. The lowest BCUT2D eigenvalue weighted by molar-refractivity contribution is -0.113. The van der Waals surface area contributed by atoms with Gasteiger partial charge >= 0.3 is 0 Å². The molecule has 1 amide bonds. The van der Waals surface area contributed by atoms with E-state index in [-0.39, 0.29) is 5.91 Å². The second-order valence-corrected chi connectivity index (χ2v) is 11.2. The van der Waals surface area contributed by atoms with Crippen LogP contribution in [0.1, 0.15) is 57.4 Å². The first-order valence-electron chi connectivity index (χ1n) is 13.7. The van der Waals surface area contributed by atoms with Crippen LogP contribution in [-0.4, -0.2) is 58.4 Å². The topological polar surface area (TPSA) is 87.6 Å². The third-order valence-electron chi connectivity index (χ3n) is 7.75. The van der Waals surface area contributed by atoms with Gasteiger partial charge in [0, 0.05) is 23.8 Å². The Balaban J connectivity index is 0.000000216. The van der Waals surface area contributed by atoms with Crippen LogP contribution >= 0.6 is 11.8 Å². The quantitative estimate of drug-likeness (QED) is 0.399. The zero-order valence-electron chi connectivity index (χ0n) is 22.9. The van der Waals surface area contributed by atoms with Crippen molar-refractivity contribution in [3.05, 3.63) is 53.9 Å². The highest BCUT2D eigenvalue weighted by Gasteiger charge is 2.25. The predicted octanol–water partition coefficient (Wildman–Crippen LogP) is 5.72. The number of nitrogens with zero attached hydrogens (tertiary/aromatic N) is 3. The van der Waals surface area contributed by atoms with E-state index in [0.29, 0.717) is 12.3 Å². The lowest BCUT2D eigenvalue weighted by atomic mass is 9.84. The molecule has 4 heterocycles. The summed E-state index contributed by atoms with van der Waals surface area (Å²) in [6, 6.07) is 11.8. The average Bonchev–Trinajstić information content (AvgIpc) is 2.96. The van der Waals surface area contributed by atoms with E-state index in [1.165, 1.54) is 19.3 Å². The zero-order chi connectivity index (χ0) is 27.1. The molecule has 2 aliphatic rings. The number of ether oxygens (including phenoxy) is 1. The fourth-order valence-corrected chi connectivity index (χ4v) is 5.90. The number of aryl methyl sites for hydroxylation is 1. The molecule has 1 aromatic carbocycles. The van der Waals surface area contributed by atoms with Gasteiger partial charge in [-0.2, -0.15) is 0 Å². The largest absolute Gasteiger partial charge is 0.497 e. The molecule has 38 heavy (non-hydrogen) atoms. The molecule has 2 aliphatic heterocycles. The first kappa shape index (κ1) is 28.3. The van der Waals surface area contributed by atoms with E-state index in [1.807, 2.05) is 43.3 Å². The number of likely N-dealkylation sites (tertiary alicyclic amines) is 1. The highest BCUT2D eigenvalue weighted by molar-refractivity contribution is 8.00. The molecule has 3 aromatic rings. The molecule has 1 fully saturated rings. The van der Waals surface area contributed by atoms with E-state index in [1.54, 1.807) is 25.1 Å². The maximum Gasteiger partial charge on any atom is 0.235 e. The number of methoxy groups -OCH3 is 1. The van der Waals surface area contributed by atoms with Crippen molar-refractivity contribution in [2.24, 2.45) is 11.8 Å². The van der Waals surface area contributed by atoms with Gasteiger partial charge in [-0.1, -0.05) is 27.2 Å². The summed E-state index contributed by atoms with van der Waals surface area (Å²) in [6.07, 6.45) is 5.92. The van der Waals surface area contributed by atoms with E-state index in [2.05, 4.69) is 34.0 Å². The molecule has 0 aliphatic carbocycles. The van der Waals surface area contributed by atoms with Crippen molar-refractivity contribution in [3.63, 3.8) is 0 Å². The van der Waals surface area contributed by atoms with Crippen molar-refractivity contribution < 1.29 is 14.6 Å². The number of carbonyl (C=O) groups is 1. The number of piperidine rings is 1. The molecule has 5 rings (SSSR count). The molecule has 1 unspecified atom stereocenters. The molecule has 7 nitrogen and oxygen atoms in total. The number of carbonyl (C=O) groups excluding carboxylic acids is 1. The van der Waals surface area contributed by atoms with Gasteiger partial charge in [0.1, 0.15) is 11.6 Å². The zero-order valence-corrected chi connectivity index (χ0v) is 23.8. The molecular formula is C30H40N4O3S. The van der Waals surface area contributed by atoms with E-state index in [4.69, 9.17) is 4.74 Å². The van der Waals surface area contributed by atoms with Gasteiger partial charge in [-0.3, -0.25) is 9.78 Å². The number of pyridine rings is 2. The number of thioether (sulfide) groups is 1. The minimum Gasteiger partial charge on any atom is -0.497 e. The number of amides is 1. The second kappa shape index (κ2) is 13.4. The third kappa shape index (κ3) is 7.04. The predicted molar refractivity (Wildman–Crippen MR) is 155 cm³/mol. The number of benzene rings is 1. The Kier molecular flexibility index (Phi) is 9.99. The van der Waals surface area contributed by atoms with Crippen LogP contribution in [-0.2, 0) is 11.2 Å². The molecule has 2 atom stereocenters. The summed E-state index contributed by atoms with van der Waals surface area (Å²) in [7, 11) is 1.66. The highest BCUT2D eigenvalue weighted by atomic mass is 32.2. The average molecular weight is 537 g/mol. The number of hydrogen-bond acceptors (Lipinski definition) is 7. The van der Waals surface area contributed by atoms with Gasteiger partial charge in [0.05, 0.1) is 29.4 Å². The molecular weight excluding hydrogens is 496 g/mol. The number of aliphatic hydroxyl groups excluding tert-OH is 1. The van der Waals surface area contributed by atoms with Crippen molar-refractivity contribution in [1.82, 2.24) is 14.9 Å². The molecule has 2 N–H and O–H groups in total. The molecule has 0 spiro atoms. The summed E-state index contributed by atoms with van der Waals surface area (Å²) >= 11 is 1.54. The van der Waals surface area contributed by atoms with Crippen molar-refractivity contribution in [3.8, 4) is 5.75 Å². The number of anilines is 1. The fraction of sp³-hybridized carbons (Fsp3) is 0.500. The Morgan fingerprint density at radius 3 is 2.68 bits per heavy atom. The lowest BCUT2D eigenvalue weighted by Crippen LogP contribution is -2.38. The Morgan fingerprint density at radius 2 is 1.97 bits per heavy atom. The van der Waals surface area contributed by atoms with Crippen LogP contribution in [0.4, 0.5) is 5.82 Å². The fourth-order valence-electron chi connectivity index (χ4n) is 5.15. The molecule has 0 radical (unpaired) electrons. The first-order valence-corrected chi connectivity index (χ1v) is 14.7. The molecule has 8 heteroatoms. The van der Waals surface area contributed by atoms with Gasteiger partial charge in [-0.15, -0.1) is 11.8 Å². The van der Waals surface area contributed by atoms with Gasteiger partial charge in [0.25, 0.3) is 0 Å². The normalized spacial score (nSPS) is 17.7. The maximum absolute atomic E-state index is 11.1. The Labute approximate surface area is 230 Å². The molecule has 0 bridgehead atoms. The SMILES string of the molecule is CC[C@@H](C)C1CCN(CC(O)c2ccnc3ccc(OC)cc23)CC1.CCc1ccc2c(n1)NC(=O)CS2. The third-order valence-corrected chi connectivity index (χ3v) is 8.80. The summed E-state index contributed by atoms with van der Waals surface area (Å²) in [5.41, 5.74) is 2.85. The van der Waals surface area contributed by atoms with Crippen LogP contribution in [0.2, 0.25) is 0 Å². The van der Waals surface area contributed by atoms with Crippen molar-refractivity contribution in [2.75, 3.05) is 37.8 Å². The van der Waals surface area contributed by atoms with Crippen LogP contribution in [0, 0.1) is 11.8 Å². The number of aromatic nitrogens is 2. The number of fused-ring (bicyclic) bond motifs is 2. The summed E-state index contributed by atoms with van der Waals surface area (Å²) in [4.78, 5) is 23.3. The molecule has 1 saturated heterocycles. The van der Waals surface area contributed by atoms with Crippen molar-refractivity contribution >= 4 is 34.4 Å². The lowest BCUT2D eigenvalue weighted by Gasteiger charge is -2.35. The standard InChI is InChI=1S/C21H30N2O2.C9H10N2OS/c1-4-15(2)16-8-11-23(12-9-16)14-21(24)18-7-10-22-20-6-5-17(25-3)13-19(18)20;1-2-6-3-4-7-9(10-6)11-8(12)5-13-7/h5-7,10,13,15-16,21,24H,4,8-9,11-12,14H2,1-3H3;3-4H,2,5H2,1H3,(H,10,11,12)/t15-,21?;/m1./s1. The Bertz CT molecular complexity index is 1230. The van der Waals surface area contributed by atoms with Crippen LogP contribution in [0.5, 0.6) is 5.75 Å². The highest BCUT2D eigenvalue weighted by Crippen LogP contribution is 2.31. The van der Waals surface area contributed by atoms with E-state index in [9.17, 15) is 9.90 Å². The van der Waals surface area contributed by atoms with E-state index in [0.717, 1.165) is 70.0 Å². The minimum absolute atomic E-state index is 0.0400. The van der Waals surface area contributed by atoms with Gasteiger partial charge in [-0.05, 0) is 86.1 Å². The van der Waals surface area contributed by atoms with Crippen LogP contribution in [0.25, 0.3) is 10.9 Å². The maximum atomic E-state index is 11.1. The van der Waals surface area contributed by atoms with Crippen LogP contribution in [0.3, 0.4) is 0 Å². The van der Waals surface area contributed by atoms with Gasteiger partial charge in [0.15, 0.2) is 0 Å².